The van der Waals surface area contributed by atoms with Gasteiger partial charge in [-0.3, -0.25) is 4.68 Å². The van der Waals surface area contributed by atoms with E-state index >= 15 is 0 Å². The lowest BCUT2D eigenvalue weighted by molar-refractivity contribution is 0.291. The van der Waals surface area contributed by atoms with Crippen molar-refractivity contribution in [1.29, 1.82) is 5.26 Å². The van der Waals surface area contributed by atoms with Crippen LogP contribution in [0.25, 0.3) is 0 Å². The molecule has 17 heavy (non-hydrogen) atoms. The van der Waals surface area contributed by atoms with Gasteiger partial charge in [0, 0.05) is 6.20 Å². The van der Waals surface area contributed by atoms with Gasteiger partial charge in [-0.05, 0) is 18.2 Å². The summed E-state index contributed by atoms with van der Waals surface area (Å²) in [5, 5.41) is 13.4. The second-order valence-electron chi connectivity index (χ2n) is 3.41. The Morgan fingerprint density at radius 1 is 1.47 bits per heavy atom. The van der Waals surface area contributed by atoms with Gasteiger partial charge in [-0.2, -0.15) is 10.4 Å². The van der Waals surface area contributed by atoms with E-state index in [2.05, 4.69) is 11.2 Å². The van der Waals surface area contributed by atoms with Crippen LogP contribution in [0.5, 0.6) is 5.75 Å². The van der Waals surface area contributed by atoms with Gasteiger partial charge in [0.1, 0.15) is 12.4 Å². The Bertz CT molecular complexity index is 545. The average molecular weight is 248 g/mol. The number of benzene rings is 1. The van der Waals surface area contributed by atoms with Crippen molar-refractivity contribution in [2.24, 2.45) is 0 Å². The minimum atomic E-state index is 0.479. The number of aromatic nitrogens is 2. The fraction of sp³-hybridized carbons (Fsp3) is 0.167. The maximum absolute atomic E-state index is 8.73. The molecule has 0 aliphatic carbocycles. The Morgan fingerprint density at radius 2 is 2.35 bits per heavy atom. The molecule has 0 aliphatic rings. The molecule has 0 aliphatic heterocycles. The third kappa shape index (κ3) is 3.23. The number of nitriles is 1. The van der Waals surface area contributed by atoms with Crippen LogP contribution in [0.1, 0.15) is 5.56 Å². The highest BCUT2D eigenvalue weighted by molar-refractivity contribution is 6.30. The summed E-state index contributed by atoms with van der Waals surface area (Å²) in [6, 6.07) is 9.11. The normalized spacial score (nSPS) is 9.88. The third-order valence-electron chi connectivity index (χ3n) is 2.15. The van der Waals surface area contributed by atoms with E-state index in [4.69, 9.17) is 21.6 Å². The van der Waals surface area contributed by atoms with Gasteiger partial charge in [0.15, 0.2) is 0 Å². The lowest BCUT2D eigenvalue weighted by atomic mass is 10.2. The summed E-state index contributed by atoms with van der Waals surface area (Å²) in [7, 11) is 0. The Balaban J connectivity index is 1.88. The first kappa shape index (κ1) is 11.5. The molecule has 2 aromatic rings. The number of rotatable bonds is 4. The molecule has 0 radical (unpaired) electrons. The van der Waals surface area contributed by atoms with Crippen molar-refractivity contribution in [3.8, 4) is 11.8 Å². The molecule has 1 aromatic carbocycles. The minimum Gasteiger partial charge on any atom is -0.492 e. The highest BCUT2D eigenvalue weighted by Gasteiger charge is 1.98. The topological polar surface area (TPSA) is 50.8 Å². The van der Waals surface area contributed by atoms with Gasteiger partial charge in [-0.1, -0.05) is 17.7 Å². The van der Waals surface area contributed by atoms with Crippen LogP contribution in [0.2, 0.25) is 5.02 Å². The molecule has 0 N–H and O–H groups in total. The first-order chi connectivity index (χ1) is 8.28. The van der Waals surface area contributed by atoms with E-state index in [1.165, 1.54) is 0 Å². The van der Waals surface area contributed by atoms with Gasteiger partial charge in [0.2, 0.25) is 0 Å². The molecule has 0 unspecified atom stereocenters. The van der Waals surface area contributed by atoms with E-state index in [-0.39, 0.29) is 0 Å². The van der Waals surface area contributed by atoms with Crippen LogP contribution in [0.15, 0.2) is 36.7 Å². The maximum Gasteiger partial charge on any atom is 0.120 e. The summed E-state index contributed by atoms with van der Waals surface area (Å²) < 4.78 is 7.21. The van der Waals surface area contributed by atoms with Crippen molar-refractivity contribution in [3.63, 3.8) is 0 Å². The highest BCUT2D eigenvalue weighted by Crippen LogP contribution is 2.12. The molecular formula is C12H10ClN3O. The zero-order valence-electron chi connectivity index (χ0n) is 9.01. The Labute approximate surface area is 104 Å². The fourth-order valence-corrected chi connectivity index (χ4v) is 1.53. The summed E-state index contributed by atoms with van der Waals surface area (Å²) in [5.41, 5.74) is 0.588. The van der Waals surface area contributed by atoms with Gasteiger partial charge in [-0.25, -0.2) is 0 Å². The molecule has 0 amide bonds. The Morgan fingerprint density at radius 3 is 3.06 bits per heavy atom. The van der Waals surface area contributed by atoms with E-state index in [1.54, 1.807) is 35.3 Å². The molecule has 5 heteroatoms. The fourth-order valence-electron chi connectivity index (χ4n) is 1.37. The van der Waals surface area contributed by atoms with E-state index < -0.39 is 0 Å². The van der Waals surface area contributed by atoms with Gasteiger partial charge in [-0.15, -0.1) is 0 Å². The lowest BCUT2D eigenvalue weighted by Gasteiger charge is -2.06. The van der Waals surface area contributed by atoms with Gasteiger partial charge in [0.05, 0.1) is 29.4 Å². The van der Waals surface area contributed by atoms with Crippen LogP contribution in [0, 0.1) is 11.3 Å². The summed E-state index contributed by atoms with van der Waals surface area (Å²) >= 11 is 5.74. The number of halogens is 1. The van der Waals surface area contributed by atoms with Gasteiger partial charge < -0.3 is 4.74 Å². The average Bonchev–Trinajstić information content (AvgIpc) is 2.75. The zero-order chi connectivity index (χ0) is 12.1. The van der Waals surface area contributed by atoms with Crippen molar-refractivity contribution in [1.82, 2.24) is 9.78 Å². The predicted molar refractivity (Wildman–Crippen MR) is 63.9 cm³/mol. The number of nitrogens with zero attached hydrogens (tertiary/aromatic N) is 3. The molecule has 0 saturated carbocycles. The monoisotopic (exact) mass is 247 g/mol. The minimum absolute atomic E-state index is 0.479. The van der Waals surface area contributed by atoms with Crippen molar-refractivity contribution in [3.05, 3.63) is 47.2 Å². The summed E-state index contributed by atoms with van der Waals surface area (Å²) in [6.07, 6.45) is 3.31. The second kappa shape index (κ2) is 5.37. The van der Waals surface area contributed by atoms with Crippen molar-refractivity contribution < 1.29 is 4.74 Å². The van der Waals surface area contributed by atoms with Gasteiger partial charge >= 0.3 is 0 Å². The van der Waals surface area contributed by atoms with Gasteiger partial charge in [0.25, 0.3) is 0 Å². The predicted octanol–water partition coefficient (Wildman–Crippen LogP) is 2.49. The molecule has 0 bridgehead atoms. The first-order valence-corrected chi connectivity index (χ1v) is 5.46. The van der Waals surface area contributed by atoms with Crippen LogP contribution in [0.4, 0.5) is 0 Å². The maximum atomic E-state index is 8.73. The van der Waals surface area contributed by atoms with E-state index in [1.807, 2.05) is 6.07 Å². The van der Waals surface area contributed by atoms with Crippen LogP contribution in [0.3, 0.4) is 0 Å². The van der Waals surface area contributed by atoms with Crippen LogP contribution < -0.4 is 4.74 Å². The summed E-state index contributed by atoms with van der Waals surface area (Å²) in [5.74, 6) is 0.683. The molecule has 0 fully saturated rings. The number of hydrogen-bond acceptors (Lipinski definition) is 3. The van der Waals surface area contributed by atoms with Crippen molar-refractivity contribution in [2.45, 2.75) is 6.54 Å². The summed E-state index contributed by atoms with van der Waals surface area (Å²) in [4.78, 5) is 0. The molecule has 2 rings (SSSR count). The lowest BCUT2D eigenvalue weighted by Crippen LogP contribution is -2.08. The number of ether oxygens (including phenoxy) is 1. The van der Waals surface area contributed by atoms with E-state index in [0.29, 0.717) is 29.5 Å². The van der Waals surface area contributed by atoms with Crippen LogP contribution in [-0.2, 0) is 6.54 Å². The van der Waals surface area contributed by atoms with Crippen molar-refractivity contribution in [2.75, 3.05) is 6.61 Å². The largest absolute Gasteiger partial charge is 0.492 e. The SMILES string of the molecule is N#Cc1cccc(OCCn2cc(Cl)cn2)c1. The zero-order valence-corrected chi connectivity index (χ0v) is 9.76. The van der Waals surface area contributed by atoms with E-state index in [9.17, 15) is 0 Å². The smallest absolute Gasteiger partial charge is 0.120 e. The third-order valence-corrected chi connectivity index (χ3v) is 2.35. The molecule has 0 atom stereocenters. The molecular weight excluding hydrogens is 238 g/mol. The molecule has 1 heterocycles. The quantitative estimate of drug-likeness (QED) is 0.834. The van der Waals surface area contributed by atoms with E-state index in [0.717, 1.165) is 0 Å². The highest BCUT2D eigenvalue weighted by atomic mass is 35.5. The first-order valence-electron chi connectivity index (χ1n) is 5.09. The van der Waals surface area contributed by atoms with Crippen molar-refractivity contribution >= 4 is 11.6 Å². The summed E-state index contributed by atoms with van der Waals surface area (Å²) in [6.45, 7) is 1.09. The molecule has 86 valence electrons. The van der Waals surface area contributed by atoms with Crippen LogP contribution in [-0.4, -0.2) is 16.4 Å². The molecule has 0 spiro atoms. The van der Waals surface area contributed by atoms with Crippen LogP contribution >= 0.6 is 11.6 Å². The Hall–Kier alpha value is -1.99. The number of hydrogen-bond donors (Lipinski definition) is 0. The second-order valence-corrected chi connectivity index (χ2v) is 3.85. The Kier molecular flexibility index (Phi) is 3.63. The molecule has 0 saturated heterocycles. The molecule has 4 nitrogen and oxygen atoms in total. The standard InChI is InChI=1S/C12H10ClN3O/c13-11-8-15-16(9-11)4-5-17-12-3-1-2-10(6-12)7-14/h1-3,6,8-9H,4-5H2. The molecule has 1 aromatic heterocycles.